The van der Waals surface area contributed by atoms with Crippen molar-refractivity contribution >= 4 is 34.1 Å². The molecule has 11 nitrogen and oxygen atoms in total. The van der Waals surface area contributed by atoms with Gasteiger partial charge in [-0.3, -0.25) is 0 Å². The minimum Gasteiger partial charge on any atom is -0.504 e. The Labute approximate surface area is 379 Å². The van der Waals surface area contributed by atoms with Crippen LogP contribution in [0.25, 0.3) is 44.5 Å². The fourth-order valence-electron chi connectivity index (χ4n) is 8.10. The average Bonchev–Trinajstić information content (AvgIpc) is 3.37. The summed E-state index contributed by atoms with van der Waals surface area (Å²) in [5, 5.41) is 96.1. The maximum absolute atomic E-state index is 11.2. The second kappa shape index (κ2) is 17.2. The first-order chi connectivity index (χ1) is 31.9. The largest absolute Gasteiger partial charge is 0.504 e. The molecule has 0 unspecified atom stereocenters. The Morgan fingerprint density at radius 1 is 0.227 bits per heavy atom. The summed E-state index contributed by atoms with van der Waals surface area (Å²) in [5.74, 6) is -7.50. The molecular formula is C55H42N2O9. The van der Waals surface area contributed by atoms with Crippen LogP contribution in [0.3, 0.4) is 0 Å². The number of benzene rings is 9. The number of hydrogen-bond acceptors (Lipinski definition) is 11. The molecule has 66 heavy (non-hydrogen) atoms. The summed E-state index contributed by atoms with van der Waals surface area (Å²) in [7, 11) is 0. The van der Waals surface area contributed by atoms with Gasteiger partial charge >= 0.3 is 0 Å². The van der Waals surface area contributed by atoms with Crippen LogP contribution in [0.2, 0.25) is 0 Å². The molecule has 0 saturated heterocycles. The number of nitrogens with zero attached hydrogens (tertiary/aromatic N) is 2. The zero-order valence-corrected chi connectivity index (χ0v) is 35.2. The third-order valence-electron chi connectivity index (χ3n) is 11.7. The van der Waals surface area contributed by atoms with Gasteiger partial charge in [0.25, 0.3) is 0 Å². The minimum absolute atomic E-state index is 0.0930. The predicted octanol–water partition coefficient (Wildman–Crippen LogP) is 13.0. The third kappa shape index (κ3) is 7.56. The Kier molecular flexibility index (Phi) is 10.9. The lowest BCUT2D eigenvalue weighted by atomic mass is 9.99. The molecule has 0 atom stereocenters. The van der Waals surface area contributed by atoms with Gasteiger partial charge in [-0.1, -0.05) is 133 Å². The Balaban J connectivity index is 1.02. The van der Waals surface area contributed by atoms with E-state index in [1.807, 2.05) is 158 Å². The SMILES string of the molecule is Cc1c(O)c(O)c(O)c(O)c1N(c1ccc(-c2ccccc2)cc1)c1ccc(-c2ccc(-c3ccc(N(c4ccc(-c5ccccc5)cc4)c4c(O)c(O)c(O)c(O)c4O)cc3)cc2)cc1. The molecule has 0 aliphatic carbocycles. The molecule has 0 saturated carbocycles. The van der Waals surface area contributed by atoms with Crippen molar-refractivity contribution in [2.45, 2.75) is 6.92 Å². The van der Waals surface area contributed by atoms with Crippen molar-refractivity contribution in [3.8, 4) is 96.3 Å². The van der Waals surface area contributed by atoms with Crippen LogP contribution in [-0.4, -0.2) is 46.0 Å². The normalized spacial score (nSPS) is 11.0. The van der Waals surface area contributed by atoms with Crippen molar-refractivity contribution in [1.82, 2.24) is 0 Å². The van der Waals surface area contributed by atoms with E-state index in [1.165, 1.54) is 4.90 Å². The van der Waals surface area contributed by atoms with E-state index >= 15 is 0 Å². The standard InChI is InChI=1S/C55H42N2O9/c1-32-45(48(59)52(63)51(62)47(32)58)56(41-24-16-37(17-25-41)33-8-4-2-5-9-33)42-26-20-39(21-27-42)35-12-14-36(15-13-35)40-22-30-44(31-23-40)57(46-49(60)53(64)55(66)54(65)50(46)61)43-28-18-38(19-29-43)34-10-6-3-7-11-34/h2-31,58-66H,1H3. The molecule has 9 aromatic carbocycles. The molecule has 0 aromatic heterocycles. The van der Waals surface area contributed by atoms with E-state index in [4.69, 9.17) is 0 Å². The molecule has 9 rings (SSSR count). The van der Waals surface area contributed by atoms with Crippen LogP contribution in [0.1, 0.15) is 5.56 Å². The van der Waals surface area contributed by atoms with Crippen LogP contribution in [0.5, 0.6) is 51.7 Å². The van der Waals surface area contributed by atoms with E-state index in [-0.39, 0.29) is 16.9 Å². The number of phenolic OH excluding ortho intramolecular Hbond substituents is 9. The van der Waals surface area contributed by atoms with Crippen molar-refractivity contribution in [2.75, 3.05) is 9.80 Å². The zero-order valence-electron chi connectivity index (χ0n) is 35.2. The van der Waals surface area contributed by atoms with E-state index in [9.17, 15) is 46.0 Å². The second-order valence-corrected chi connectivity index (χ2v) is 15.6. The number of phenols is 9. The maximum atomic E-state index is 11.2. The van der Waals surface area contributed by atoms with Gasteiger partial charge in [-0.25, -0.2) is 0 Å². The van der Waals surface area contributed by atoms with Gasteiger partial charge in [0.05, 0.1) is 5.69 Å². The lowest BCUT2D eigenvalue weighted by Crippen LogP contribution is -2.12. The van der Waals surface area contributed by atoms with Crippen molar-refractivity contribution in [3.63, 3.8) is 0 Å². The van der Waals surface area contributed by atoms with Gasteiger partial charge in [-0.2, -0.15) is 0 Å². The van der Waals surface area contributed by atoms with E-state index in [0.717, 1.165) is 44.5 Å². The van der Waals surface area contributed by atoms with Gasteiger partial charge in [0, 0.05) is 28.3 Å². The molecule has 0 radical (unpaired) electrons. The Bertz CT molecular complexity index is 2920. The molecule has 9 N–H and O–H groups in total. The van der Waals surface area contributed by atoms with Gasteiger partial charge < -0.3 is 55.8 Å². The van der Waals surface area contributed by atoms with Gasteiger partial charge in [0.2, 0.25) is 28.7 Å². The summed E-state index contributed by atoms with van der Waals surface area (Å²) in [6, 6.07) is 57.2. The van der Waals surface area contributed by atoms with Gasteiger partial charge in [-0.15, -0.1) is 0 Å². The highest BCUT2D eigenvalue weighted by Crippen LogP contribution is 2.58. The highest BCUT2D eigenvalue weighted by atomic mass is 16.4. The lowest BCUT2D eigenvalue weighted by molar-refractivity contribution is 0.329. The summed E-state index contributed by atoms with van der Waals surface area (Å²) >= 11 is 0. The minimum atomic E-state index is -1.05. The Morgan fingerprint density at radius 2 is 0.439 bits per heavy atom. The van der Waals surface area contributed by atoms with E-state index < -0.39 is 51.7 Å². The first kappa shape index (κ1) is 42.1. The second-order valence-electron chi connectivity index (χ2n) is 15.6. The van der Waals surface area contributed by atoms with Crippen LogP contribution in [0.15, 0.2) is 182 Å². The summed E-state index contributed by atoms with van der Waals surface area (Å²) < 4.78 is 0. The van der Waals surface area contributed by atoms with Crippen molar-refractivity contribution in [2.24, 2.45) is 0 Å². The van der Waals surface area contributed by atoms with Crippen molar-refractivity contribution in [3.05, 3.63) is 188 Å². The van der Waals surface area contributed by atoms with Crippen LogP contribution in [0, 0.1) is 6.92 Å². The molecule has 0 amide bonds. The van der Waals surface area contributed by atoms with E-state index in [0.29, 0.717) is 22.7 Å². The smallest absolute Gasteiger partial charge is 0.208 e. The maximum Gasteiger partial charge on any atom is 0.208 e. The predicted molar refractivity (Wildman–Crippen MR) is 257 cm³/mol. The van der Waals surface area contributed by atoms with Crippen LogP contribution < -0.4 is 9.80 Å². The Morgan fingerprint density at radius 3 is 0.742 bits per heavy atom. The molecule has 9 aromatic rings. The summed E-state index contributed by atoms with van der Waals surface area (Å²) in [4.78, 5) is 3.16. The van der Waals surface area contributed by atoms with E-state index in [2.05, 4.69) is 0 Å². The van der Waals surface area contributed by atoms with Crippen LogP contribution >= 0.6 is 0 Å². The molecule has 0 spiro atoms. The molecular weight excluding hydrogens is 833 g/mol. The number of aromatic hydroxyl groups is 9. The zero-order chi connectivity index (χ0) is 46.2. The highest BCUT2D eigenvalue weighted by molar-refractivity contribution is 5.91. The fraction of sp³-hybridized carbons (Fsp3) is 0.0182. The van der Waals surface area contributed by atoms with Gasteiger partial charge in [0.15, 0.2) is 23.0 Å². The highest BCUT2D eigenvalue weighted by Gasteiger charge is 2.30. The molecule has 0 heterocycles. The molecule has 11 heteroatoms. The van der Waals surface area contributed by atoms with Crippen molar-refractivity contribution in [1.29, 1.82) is 0 Å². The van der Waals surface area contributed by atoms with E-state index in [1.54, 1.807) is 36.1 Å². The topological polar surface area (TPSA) is 189 Å². The van der Waals surface area contributed by atoms with Crippen LogP contribution in [-0.2, 0) is 0 Å². The van der Waals surface area contributed by atoms with Gasteiger partial charge in [0.1, 0.15) is 5.69 Å². The molecule has 0 aliphatic rings. The first-order valence-electron chi connectivity index (χ1n) is 20.8. The molecule has 0 fully saturated rings. The number of hydrogen-bond donors (Lipinski definition) is 9. The van der Waals surface area contributed by atoms with Gasteiger partial charge in [-0.05, 0) is 100.0 Å². The summed E-state index contributed by atoms with van der Waals surface area (Å²) in [6.07, 6.45) is 0. The summed E-state index contributed by atoms with van der Waals surface area (Å²) in [5.41, 5.74) is 9.46. The van der Waals surface area contributed by atoms with Crippen LogP contribution in [0.4, 0.5) is 34.1 Å². The fourth-order valence-corrected chi connectivity index (χ4v) is 8.10. The third-order valence-corrected chi connectivity index (χ3v) is 11.7. The molecule has 0 bridgehead atoms. The average molecular weight is 875 g/mol. The number of anilines is 6. The number of rotatable bonds is 10. The molecule has 326 valence electrons. The first-order valence-corrected chi connectivity index (χ1v) is 20.8. The summed E-state index contributed by atoms with van der Waals surface area (Å²) in [6.45, 7) is 1.54. The molecule has 0 aliphatic heterocycles. The Hall–Kier alpha value is -9.22. The lowest BCUT2D eigenvalue weighted by Gasteiger charge is -2.29. The quantitative estimate of drug-likeness (QED) is 0.0470. The van der Waals surface area contributed by atoms with Crippen molar-refractivity contribution < 1.29 is 46.0 Å². The monoisotopic (exact) mass is 874 g/mol.